The van der Waals surface area contributed by atoms with Crippen molar-refractivity contribution >= 4 is 11.6 Å². The Morgan fingerprint density at radius 2 is 1.88 bits per heavy atom. The molecular formula is C14H8N2O. The summed E-state index contributed by atoms with van der Waals surface area (Å²) >= 11 is 0. The fraction of sp³-hybridized carbons (Fsp3) is 0. The van der Waals surface area contributed by atoms with E-state index < -0.39 is 0 Å². The minimum absolute atomic E-state index is 0.504. The first-order chi connectivity index (χ1) is 8.33. The van der Waals surface area contributed by atoms with Gasteiger partial charge in [-0.1, -0.05) is 12.1 Å². The third-order valence-corrected chi connectivity index (χ3v) is 2.28. The highest BCUT2D eigenvalue weighted by atomic mass is 16.3. The zero-order valence-electron chi connectivity index (χ0n) is 8.92. The maximum absolute atomic E-state index is 9.08. The van der Waals surface area contributed by atoms with Crippen molar-refractivity contribution in [1.29, 1.82) is 10.5 Å². The highest BCUT2D eigenvalue weighted by Crippen LogP contribution is 2.18. The molecule has 0 aliphatic rings. The Labute approximate surface area is 98.8 Å². The number of hydrogen-bond acceptors (Lipinski definition) is 3. The molecule has 0 N–H and O–H groups in total. The Hall–Kier alpha value is -2.78. The lowest BCUT2D eigenvalue weighted by molar-refractivity contribution is 0.557. The maximum atomic E-state index is 9.08. The van der Waals surface area contributed by atoms with E-state index in [1.54, 1.807) is 48.7 Å². The topological polar surface area (TPSA) is 60.7 Å². The number of nitrogens with zero attached hydrogens (tertiary/aromatic N) is 2. The third kappa shape index (κ3) is 2.42. The second-order valence-corrected chi connectivity index (χ2v) is 3.37. The Bertz CT molecular complexity index is 608. The molecule has 1 aromatic carbocycles. The highest BCUT2D eigenvalue weighted by molar-refractivity contribution is 5.88. The van der Waals surface area contributed by atoms with E-state index in [4.69, 9.17) is 14.9 Å². The molecule has 0 fully saturated rings. The normalized spacial score (nSPS) is 10.6. The van der Waals surface area contributed by atoms with E-state index in [1.165, 1.54) is 0 Å². The van der Waals surface area contributed by atoms with E-state index >= 15 is 0 Å². The largest absolute Gasteiger partial charge is 0.465 e. The van der Waals surface area contributed by atoms with Crippen LogP contribution in [-0.2, 0) is 0 Å². The molecule has 80 valence electrons. The molecule has 0 saturated carbocycles. The first-order valence-electron chi connectivity index (χ1n) is 4.99. The first kappa shape index (κ1) is 10.7. The van der Waals surface area contributed by atoms with Gasteiger partial charge in [0.25, 0.3) is 0 Å². The van der Waals surface area contributed by atoms with Gasteiger partial charge < -0.3 is 4.42 Å². The molecule has 0 aliphatic carbocycles. The number of hydrogen-bond donors (Lipinski definition) is 0. The van der Waals surface area contributed by atoms with E-state index in [-0.39, 0.29) is 0 Å². The average molecular weight is 220 g/mol. The molecule has 0 atom stereocenters. The van der Waals surface area contributed by atoms with Gasteiger partial charge in [0.05, 0.1) is 29.5 Å². The summed E-state index contributed by atoms with van der Waals surface area (Å²) in [7, 11) is 0. The Morgan fingerprint density at radius 1 is 1.12 bits per heavy atom. The number of nitriles is 2. The van der Waals surface area contributed by atoms with Crippen LogP contribution in [0, 0.1) is 22.7 Å². The van der Waals surface area contributed by atoms with Gasteiger partial charge >= 0.3 is 0 Å². The minimum atomic E-state index is 0.504. The summed E-state index contributed by atoms with van der Waals surface area (Å²) in [5.41, 5.74) is 1.84. The number of furan rings is 1. The van der Waals surface area contributed by atoms with E-state index in [9.17, 15) is 0 Å². The van der Waals surface area contributed by atoms with Gasteiger partial charge in [0, 0.05) is 0 Å². The molecule has 17 heavy (non-hydrogen) atoms. The third-order valence-electron chi connectivity index (χ3n) is 2.28. The molecular weight excluding hydrogens is 212 g/mol. The first-order valence-corrected chi connectivity index (χ1v) is 4.99. The van der Waals surface area contributed by atoms with Crippen LogP contribution in [0.5, 0.6) is 0 Å². The lowest BCUT2D eigenvalue weighted by Gasteiger charge is -1.98. The number of allylic oxidation sites excluding steroid dienone is 1. The molecule has 1 heterocycles. The van der Waals surface area contributed by atoms with Crippen molar-refractivity contribution in [2.45, 2.75) is 0 Å². The van der Waals surface area contributed by atoms with Crippen LogP contribution in [0.25, 0.3) is 11.6 Å². The van der Waals surface area contributed by atoms with Gasteiger partial charge in [-0.15, -0.1) is 0 Å². The molecule has 0 unspecified atom stereocenters. The SMILES string of the molecule is N#CC(=Cc1ccco1)c1ccc(C#N)cc1. The molecule has 0 radical (unpaired) electrons. The van der Waals surface area contributed by atoms with Crippen molar-refractivity contribution in [3.8, 4) is 12.1 Å². The number of rotatable bonds is 2. The van der Waals surface area contributed by atoms with Gasteiger partial charge in [0.2, 0.25) is 0 Å². The summed E-state index contributed by atoms with van der Waals surface area (Å²) in [4.78, 5) is 0. The molecule has 0 aliphatic heterocycles. The molecule has 0 bridgehead atoms. The van der Waals surface area contributed by atoms with E-state index in [0.29, 0.717) is 16.9 Å². The molecule has 0 spiro atoms. The molecule has 1 aromatic heterocycles. The zero-order chi connectivity index (χ0) is 12.1. The number of benzene rings is 1. The fourth-order valence-corrected chi connectivity index (χ4v) is 1.42. The van der Waals surface area contributed by atoms with Gasteiger partial charge in [-0.05, 0) is 35.9 Å². The summed E-state index contributed by atoms with van der Waals surface area (Å²) < 4.78 is 5.15. The zero-order valence-corrected chi connectivity index (χ0v) is 8.92. The standard InChI is InChI=1S/C14H8N2O/c15-9-11-3-5-12(6-4-11)13(10-16)8-14-2-1-7-17-14/h1-8H. The second-order valence-electron chi connectivity index (χ2n) is 3.37. The van der Waals surface area contributed by atoms with Crippen LogP contribution in [0.2, 0.25) is 0 Å². The molecule has 2 rings (SSSR count). The Morgan fingerprint density at radius 3 is 2.41 bits per heavy atom. The van der Waals surface area contributed by atoms with Crippen LogP contribution in [0.4, 0.5) is 0 Å². The fourth-order valence-electron chi connectivity index (χ4n) is 1.42. The van der Waals surface area contributed by atoms with Gasteiger partial charge in [-0.3, -0.25) is 0 Å². The highest BCUT2D eigenvalue weighted by Gasteiger charge is 2.02. The van der Waals surface area contributed by atoms with Crippen molar-refractivity contribution in [2.24, 2.45) is 0 Å². The van der Waals surface area contributed by atoms with Crippen LogP contribution in [-0.4, -0.2) is 0 Å². The van der Waals surface area contributed by atoms with Crippen LogP contribution in [0.1, 0.15) is 16.9 Å². The molecule has 3 heteroatoms. The summed E-state index contributed by atoms with van der Waals surface area (Å²) in [5, 5.41) is 17.8. The van der Waals surface area contributed by atoms with Crippen molar-refractivity contribution in [3.05, 3.63) is 59.5 Å². The Balaban J connectivity index is 2.37. The van der Waals surface area contributed by atoms with Crippen LogP contribution in [0.15, 0.2) is 47.1 Å². The summed E-state index contributed by atoms with van der Waals surface area (Å²) in [6, 6.07) is 14.5. The van der Waals surface area contributed by atoms with Crippen LogP contribution in [0.3, 0.4) is 0 Å². The lowest BCUT2D eigenvalue weighted by Crippen LogP contribution is -1.82. The van der Waals surface area contributed by atoms with Crippen molar-refractivity contribution in [1.82, 2.24) is 0 Å². The summed E-state index contributed by atoms with van der Waals surface area (Å²) in [6.45, 7) is 0. The van der Waals surface area contributed by atoms with Gasteiger partial charge in [0.1, 0.15) is 5.76 Å². The average Bonchev–Trinajstić information content (AvgIpc) is 2.89. The van der Waals surface area contributed by atoms with Gasteiger partial charge in [-0.25, -0.2) is 0 Å². The van der Waals surface area contributed by atoms with Crippen LogP contribution >= 0.6 is 0 Å². The predicted octanol–water partition coefficient (Wildman–Crippen LogP) is 3.22. The van der Waals surface area contributed by atoms with Crippen molar-refractivity contribution in [2.75, 3.05) is 0 Å². The van der Waals surface area contributed by atoms with E-state index in [1.807, 2.05) is 6.07 Å². The Kier molecular flexibility index (Phi) is 3.05. The van der Waals surface area contributed by atoms with Gasteiger partial charge in [0.15, 0.2) is 0 Å². The van der Waals surface area contributed by atoms with Crippen LogP contribution < -0.4 is 0 Å². The van der Waals surface area contributed by atoms with E-state index in [0.717, 1.165) is 5.56 Å². The van der Waals surface area contributed by atoms with Crippen molar-refractivity contribution < 1.29 is 4.42 Å². The molecule has 2 aromatic rings. The van der Waals surface area contributed by atoms with Gasteiger partial charge in [-0.2, -0.15) is 10.5 Å². The quantitative estimate of drug-likeness (QED) is 0.730. The minimum Gasteiger partial charge on any atom is -0.465 e. The molecule has 0 saturated heterocycles. The molecule has 0 amide bonds. The predicted molar refractivity (Wildman–Crippen MR) is 63.3 cm³/mol. The van der Waals surface area contributed by atoms with Crippen molar-refractivity contribution in [3.63, 3.8) is 0 Å². The second kappa shape index (κ2) is 4.83. The maximum Gasteiger partial charge on any atom is 0.127 e. The molecule has 3 nitrogen and oxygen atoms in total. The van der Waals surface area contributed by atoms with E-state index in [2.05, 4.69) is 6.07 Å². The summed E-state index contributed by atoms with van der Waals surface area (Å²) in [5.74, 6) is 0.630. The lowest BCUT2D eigenvalue weighted by atomic mass is 10.0. The monoisotopic (exact) mass is 220 g/mol. The smallest absolute Gasteiger partial charge is 0.127 e. The summed E-state index contributed by atoms with van der Waals surface area (Å²) in [6.07, 6.45) is 3.22.